The summed E-state index contributed by atoms with van der Waals surface area (Å²) in [5, 5.41) is 4.47. The second-order valence-corrected chi connectivity index (χ2v) is 11.9. The van der Waals surface area contributed by atoms with E-state index < -0.39 is 53.4 Å². The van der Waals surface area contributed by atoms with Crippen LogP contribution in [0.25, 0.3) is 22.6 Å². The zero-order valence-electron chi connectivity index (χ0n) is 19.8. The molecule has 1 amide bonds. The second kappa shape index (κ2) is 9.83. The van der Waals surface area contributed by atoms with Crippen molar-refractivity contribution >= 4 is 72.3 Å². The molecule has 0 saturated heterocycles. The summed E-state index contributed by atoms with van der Waals surface area (Å²) in [5.41, 5.74) is -0.710. The Labute approximate surface area is 234 Å². The molecule has 0 spiro atoms. The average Bonchev–Trinajstić information content (AvgIpc) is 2.87. The van der Waals surface area contributed by atoms with Gasteiger partial charge in [-0.3, -0.25) is 18.9 Å². The number of anilines is 2. The molecule has 1 atom stereocenters. The summed E-state index contributed by atoms with van der Waals surface area (Å²) in [6.07, 6.45) is 0.457. The van der Waals surface area contributed by atoms with Crippen molar-refractivity contribution in [3.8, 4) is 23.0 Å². The Morgan fingerprint density at radius 1 is 1.10 bits per heavy atom. The van der Waals surface area contributed by atoms with Crippen LogP contribution >= 0.6 is 23.2 Å². The molecule has 18 heteroatoms. The van der Waals surface area contributed by atoms with E-state index >= 15 is 0 Å². The first kappa shape index (κ1) is 28.0. The summed E-state index contributed by atoms with van der Waals surface area (Å²) in [6.45, 7) is 1.58. The minimum Gasteiger partial charge on any atom is -0.450 e. The Bertz CT molecular complexity index is 2000. The Morgan fingerprint density at radius 3 is 2.45 bits per heavy atom. The summed E-state index contributed by atoms with van der Waals surface area (Å²) in [4.78, 5) is 17.2. The predicted molar refractivity (Wildman–Crippen MR) is 139 cm³/mol. The van der Waals surface area contributed by atoms with Crippen molar-refractivity contribution in [2.45, 2.75) is 22.8 Å². The molecule has 0 bridgehead atoms. The van der Waals surface area contributed by atoms with Crippen LogP contribution < -0.4 is 20.7 Å². The molecule has 0 saturated carbocycles. The fourth-order valence-corrected chi connectivity index (χ4v) is 5.98. The molecule has 1 aliphatic carbocycles. The van der Waals surface area contributed by atoms with Crippen LogP contribution in [-0.2, 0) is 25.0 Å². The van der Waals surface area contributed by atoms with Crippen molar-refractivity contribution in [3.05, 3.63) is 45.5 Å². The maximum absolute atomic E-state index is 14.3. The maximum atomic E-state index is 14.3. The lowest BCUT2D eigenvalue weighted by Gasteiger charge is -2.25. The molecule has 2 aliphatic heterocycles. The van der Waals surface area contributed by atoms with Crippen molar-refractivity contribution < 1.29 is 44.3 Å². The molecule has 2 aromatic rings. The molecule has 3 aliphatic rings. The number of nitrogens with zero attached hydrogens (tertiary/aromatic N) is 2. The fraction of sp³-hybridized carbons (Fsp3) is 0.136. The summed E-state index contributed by atoms with van der Waals surface area (Å²) < 4.78 is 93.7. The van der Waals surface area contributed by atoms with Gasteiger partial charge in [0.2, 0.25) is 6.41 Å². The summed E-state index contributed by atoms with van der Waals surface area (Å²) in [6, 6.07) is 4.01. The number of nitrogens with one attached hydrogen (secondary N) is 2. The molecule has 0 radical (unpaired) electrons. The van der Waals surface area contributed by atoms with Gasteiger partial charge in [-0.05, 0) is 31.2 Å². The van der Waals surface area contributed by atoms with E-state index in [2.05, 4.69) is 20.6 Å². The number of benzene rings is 3. The molecule has 13 nitrogen and oxygen atoms in total. The minimum atomic E-state index is -5.07. The van der Waals surface area contributed by atoms with Crippen molar-refractivity contribution in [3.63, 3.8) is 0 Å². The van der Waals surface area contributed by atoms with Gasteiger partial charge in [-0.15, -0.1) is 0 Å². The van der Waals surface area contributed by atoms with E-state index in [0.29, 0.717) is 6.41 Å². The Hall–Kier alpha value is -3.54. The van der Waals surface area contributed by atoms with Crippen LogP contribution in [0.3, 0.4) is 0 Å². The lowest BCUT2D eigenvalue weighted by Crippen LogP contribution is -2.28. The molecule has 0 aromatic heterocycles. The van der Waals surface area contributed by atoms with Gasteiger partial charge < -0.3 is 19.8 Å². The first-order valence-electron chi connectivity index (χ1n) is 10.9. The molecule has 5 rings (SSSR count). The second-order valence-electron chi connectivity index (χ2n) is 8.44. The van der Waals surface area contributed by atoms with E-state index in [0.717, 1.165) is 12.1 Å². The summed E-state index contributed by atoms with van der Waals surface area (Å²) in [7, 11) is -10.0. The van der Waals surface area contributed by atoms with Crippen molar-refractivity contribution in [2.24, 2.45) is 4.99 Å². The highest BCUT2D eigenvalue weighted by molar-refractivity contribution is 7.86. The van der Waals surface area contributed by atoms with Gasteiger partial charge in [-0.2, -0.15) is 16.8 Å². The normalized spacial score (nSPS) is 14.3. The maximum Gasteiger partial charge on any atom is 0.301 e. The van der Waals surface area contributed by atoms with Crippen LogP contribution in [0.2, 0.25) is 10.0 Å². The lowest BCUT2D eigenvalue weighted by atomic mass is 10.1. The number of carbonyl (C=O) groups excluding carboxylic acids is 1. The Kier molecular flexibility index (Phi) is 6.88. The van der Waals surface area contributed by atoms with Gasteiger partial charge in [0.25, 0.3) is 0 Å². The largest absolute Gasteiger partial charge is 0.450 e. The minimum absolute atomic E-state index is 0.0410. The third-order valence-electron chi connectivity index (χ3n) is 5.71. The van der Waals surface area contributed by atoms with Crippen LogP contribution in [0, 0.1) is 5.82 Å². The topological polar surface area (TPSA) is 197 Å². The average molecular weight is 633 g/mol. The number of hydrogen-bond acceptors (Lipinski definition) is 10. The number of amides is 1. The fourth-order valence-electron chi connectivity index (χ4n) is 3.98. The predicted octanol–water partition coefficient (Wildman–Crippen LogP) is 3.76. The van der Waals surface area contributed by atoms with Gasteiger partial charge >= 0.3 is 20.2 Å². The number of carbonyl (C=O) groups is 1. The third kappa shape index (κ3) is 4.71. The van der Waals surface area contributed by atoms with Gasteiger partial charge in [0.05, 0.1) is 17.6 Å². The number of rotatable bonds is 6. The molecular weight excluding hydrogens is 618 g/mol. The highest BCUT2D eigenvalue weighted by Gasteiger charge is 2.34. The first-order chi connectivity index (χ1) is 18.7. The van der Waals surface area contributed by atoms with Crippen molar-refractivity contribution in [1.82, 2.24) is 10.3 Å². The van der Waals surface area contributed by atoms with E-state index in [4.69, 9.17) is 32.4 Å². The number of halogens is 3. The third-order valence-corrected chi connectivity index (χ3v) is 8.23. The Morgan fingerprint density at radius 2 is 1.80 bits per heavy atom. The van der Waals surface area contributed by atoms with Crippen molar-refractivity contribution in [2.75, 3.05) is 11.9 Å². The molecular formula is C22H15Cl2FN4O9S2. The smallest absolute Gasteiger partial charge is 0.301 e. The number of ether oxygens (including phenoxy) is 1. The van der Waals surface area contributed by atoms with E-state index in [1.165, 1.54) is 12.1 Å². The van der Waals surface area contributed by atoms with Crippen LogP contribution in [-0.4, -0.2) is 49.9 Å². The van der Waals surface area contributed by atoms with E-state index in [1.807, 2.05) is 0 Å². The molecule has 40 heavy (non-hydrogen) atoms. The number of fused-ring (bicyclic) bond motifs is 4. The Balaban J connectivity index is 1.78. The van der Waals surface area contributed by atoms with E-state index in [1.54, 1.807) is 6.92 Å². The van der Waals surface area contributed by atoms with Crippen molar-refractivity contribution in [1.29, 1.82) is 0 Å². The monoisotopic (exact) mass is 632 g/mol. The first-order valence-corrected chi connectivity index (χ1v) is 14.6. The van der Waals surface area contributed by atoms with E-state index in [9.17, 15) is 35.1 Å². The lowest BCUT2D eigenvalue weighted by molar-refractivity contribution is -0.110. The molecule has 2 heterocycles. The quantitative estimate of drug-likeness (QED) is 0.121. The standard InChI is InChI=1S/C22H15Cl2FN4O9S2/c1-8(27-7-30)6-26-12-5-4-11-18(22(12)40(34,35)36)38-20-14(24)15-19(13(23)16(20)29-11)37-17-10(28-15)3-2-9(25)21(17)39(31,32)33/h2-5,7-8,28H,6H2,1H3,(H,27,30)(H,31,32,33)(H,34,35,36). The van der Waals surface area contributed by atoms with Gasteiger partial charge in [0.1, 0.15) is 32.8 Å². The molecule has 4 N–H and O–H groups in total. The summed E-state index contributed by atoms with van der Waals surface area (Å²) >= 11 is 13.1. The van der Waals surface area contributed by atoms with E-state index in [-0.39, 0.29) is 55.9 Å². The van der Waals surface area contributed by atoms with Gasteiger partial charge in [-0.1, -0.05) is 23.2 Å². The van der Waals surface area contributed by atoms with Crippen LogP contribution in [0.15, 0.2) is 43.5 Å². The zero-order chi connectivity index (χ0) is 29.1. The molecule has 1 unspecified atom stereocenters. The molecule has 210 valence electrons. The zero-order valence-corrected chi connectivity index (χ0v) is 22.9. The summed E-state index contributed by atoms with van der Waals surface area (Å²) in [5.74, 6) is -2.59. The number of aromatic nitrogens is 1. The van der Waals surface area contributed by atoms with Crippen LogP contribution in [0.5, 0.6) is 11.5 Å². The number of hydrogen-bond donors (Lipinski definition) is 4. The molecule has 2 aromatic carbocycles. The molecule has 0 fully saturated rings. The van der Waals surface area contributed by atoms with Crippen LogP contribution in [0.4, 0.5) is 15.8 Å². The highest BCUT2D eigenvalue weighted by Crippen LogP contribution is 2.54. The van der Waals surface area contributed by atoms with Gasteiger partial charge in [0.15, 0.2) is 32.6 Å². The van der Waals surface area contributed by atoms with Gasteiger partial charge in [0, 0.05) is 6.04 Å². The SMILES string of the molecule is CC(CN=c1ccc2nc3c(Cl)c4c(c(Cl)c3oc-2c1S(=O)(=O)O)Nc1ccc(F)c(S(=O)(=O)O)c1O4)NC=O. The van der Waals surface area contributed by atoms with Gasteiger partial charge in [-0.25, -0.2) is 9.37 Å². The van der Waals surface area contributed by atoms with Crippen LogP contribution in [0.1, 0.15) is 6.92 Å². The highest BCUT2D eigenvalue weighted by atomic mass is 35.5.